The van der Waals surface area contributed by atoms with Crippen LogP contribution in [0.25, 0.3) is 0 Å². The zero-order valence-corrected chi connectivity index (χ0v) is 13.3. The molecule has 0 bridgehead atoms. The average molecular weight is 294 g/mol. The molecule has 2 heterocycles. The van der Waals surface area contributed by atoms with E-state index in [1.54, 1.807) is 0 Å². The summed E-state index contributed by atoms with van der Waals surface area (Å²) in [5, 5.41) is 0. The first-order valence-electron chi connectivity index (χ1n) is 7.62. The van der Waals surface area contributed by atoms with Crippen molar-refractivity contribution in [2.24, 2.45) is 0 Å². The Morgan fingerprint density at radius 3 is 2.57 bits per heavy atom. The monoisotopic (exact) mass is 294 g/mol. The topological polar surface area (TPSA) is 50.6 Å². The Kier molecular flexibility index (Phi) is 5.76. The van der Waals surface area contributed by atoms with Crippen LogP contribution in [-0.2, 0) is 16.1 Å². The number of hydrogen-bond donors (Lipinski definition) is 0. The molecule has 118 valence electrons. The third kappa shape index (κ3) is 4.54. The van der Waals surface area contributed by atoms with Crippen molar-refractivity contribution in [2.45, 2.75) is 32.9 Å². The predicted octanol–water partition coefficient (Wildman–Crippen LogP) is 1.14. The van der Waals surface area contributed by atoms with Crippen molar-refractivity contribution in [3.05, 3.63) is 18.2 Å². The van der Waals surface area contributed by atoms with Gasteiger partial charge in [-0.05, 0) is 13.8 Å². The van der Waals surface area contributed by atoms with E-state index >= 15 is 0 Å². The van der Waals surface area contributed by atoms with E-state index in [9.17, 15) is 4.79 Å². The lowest BCUT2D eigenvalue weighted by Crippen LogP contribution is -2.46. The van der Waals surface area contributed by atoms with Crippen molar-refractivity contribution >= 4 is 5.97 Å². The highest BCUT2D eigenvalue weighted by molar-refractivity contribution is 5.69. The Morgan fingerprint density at radius 2 is 1.95 bits per heavy atom. The van der Waals surface area contributed by atoms with Gasteiger partial charge in [-0.15, -0.1) is 0 Å². The van der Waals surface area contributed by atoms with E-state index in [0.717, 1.165) is 39.3 Å². The molecule has 21 heavy (non-hydrogen) atoms. The second-order valence-electron chi connectivity index (χ2n) is 5.83. The standard InChI is InChI=1S/C15H26N4O2/c1-13(2)19-12-16-10-14(19)11-18-8-6-17(7-9-18)5-4-15(20)21-3/h10,12-13H,4-9,11H2,1-3H3. The van der Waals surface area contributed by atoms with Gasteiger partial charge in [0.25, 0.3) is 0 Å². The number of imidazole rings is 1. The van der Waals surface area contributed by atoms with E-state index in [2.05, 4.69) is 37.9 Å². The summed E-state index contributed by atoms with van der Waals surface area (Å²) in [5.74, 6) is -0.127. The Labute approximate surface area is 126 Å². The van der Waals surface area contributed by atoms with Gasteiger partial charge < -0.3 is 14.2 Å². The molecule has 0 aliphatic carbocycles. The Bertz CT molecular complexity index is 450. The van der Waals surface area contributed by atoms with Gasteiger partial charge in [-0.2, -0.15) is 0 Å². The first-order valence-corrected chi connectivity index (χ1v) is 7.62. The number of ether oxygens (including phenoxy) is 1. The summed E-state index contributed by atoms with van der Waals surface area (Å²) in [6.07, 6.45) is 4.35. The number of hydrogen-bond acceptors (Lipinski definition) is 5. The van der Waals surface area contributed by atoms with Crippen LogP contribution in [0.1, 0.15) is 32.0 Å². The molecule has 1 fully saturated rings. The van der Waals surface area contributed by atoms with Crippen LogP contribution in [0.5, 0.6) is 0 Å². The maximum absolute atomic E-state index is 11.2. The van der Waals surface area contributed by atoms with E-state index in [4.69, 9.17) is 0 Å². The van der Waals surface area contributed by atoms with Crippen molar-refractivity contribution in [2.75, 3.05) is 39.8 Å². The van der Waals surface area contributed by atoms with E-state index < -0.39 is 0 Å². The number of methoxy groups -OCH3 is 1. The van der Waals surface area contributed by atoms with Crippen LogP contribution in [0.3, 0.4) is 0 Å². The van der Waals surface area contributed by atoms with Crippen molar-refractivity contribution < 1.29 is 9.53 Å². The van der Waals surface area contributed by atoms with Gasteiger partial charge in [-0.25, -0.2) is 4.98 Å². The summed E-state index contributed by atoms with van der Waals surface area (Å²) in [7, 11) is 1.44. The maximum Gasteiger partial charge on any atom is 0.306 e. The number of aromatic nitrogens is 2. The van der Waals surface area contributed by atoms with Crippen LogP contribution in [0, 0.1) is 0 Å². The fraction of sp³-hybridized carbons (Fsp3) is 0.733. The van der Waals surface area contributed by atoms with E-state index in [1.165, 1.54) is 12.8 Å². The van der Waals surface area contributed by atoms with Crippen LogP contribution in [0.4, 0.5) is 0 Å². The zero-order chi connectivity index (χ0) is 15.2. The molecule has 1 aliphatic heterocycles. The minimum Gasteiger partial charge on any atom is -0.469 e. The Balaban J connectivity index is 1.76. The lowest BCUT2D eigenvalue weighted by molar-refractivity contribution is -0.141. The van der Waals surface area contributed by atoms with Crippen LogP contribution < -0.4 is 0 Å². The van der Waals surface area contributed by atoms with Gasteiger partial charge in [0.2, 0.25) is 0 Å². The van der Waals surface area contributed by atoms with Gasteiger partial charge in [0, 0.05) is 51.5 Å². The van der Waals surface area contributed by atoms with Crippen LogP contribution in [-0.4, -0.2) is 65.2 Å². The summed E-state index contributed by atoms with van der Waals surface area (Å²) < 4.78 is 6.91. The molecular formula is C15H26N4O2. The average Bonchev–Trinajstić information content (AvgIpc) is 2.94. The Morgan fingerprint density at radius 1 is 1.29 bits per heavy atom. The Hall–Kier alpha value is -1.40. The molecule has 1 aromatic rings. The molecular weight excluding hydrogens is 268 g/mol. The highest BCUT2D eigenvalue weighted by atomic mass is 16.5. The van der Waals surface area contributed by atoms with Gasteiger partial charge in [-0.3, -0.25) is 9.69 Å². The minimum absolute atomic E-state index is 0.127. The van der Waals surface area contributed by atoms with Crippen molar-refractivity contribution in [1.82, 2.24) is 19.4 Å². The molecule has 0 N–H and O–H groups in total. The van der Waals surface area contributed by atoms with Gasteiger partial charge >= 0.3 is 5.97 Å². The summed E-state index contributed by atoms with van der Waals surface area (Å²) in [4.78, 5) is 20.2. The van der Waals surface area contributed by atoms with Crippen molar-refractivity contribution in [1.29, 1.82) is 0 Å². The molecule has 0 saturated carbocycles. The summed E-state index contributed by atoms with van der Waals surface area (Å²) in [6.45, 7) is 10.2. The minimum atomic E-state index is -0.127. The third-order valence-electron chi connectivity index (χ3n) is 4.01. The number of piperazine rings is 1. The first kappa shape index (κ1) is 16.0. The maximum atomic E-state index is 11.2. The largest absolute Gasteiger partial charge is 0.469 e. The first-order chi connectivity index (χ1) is 10.1. The molecule has 0 spiro atoms. The summed E-state index contributed by atoms with van der Waals surface area (Å²) in [5.41, 5.74) is 1.27. The number of esters is 1. The van der Waals surface area contributed by atoms with E-state index in [1.807, 2.05) is 12.5 Å². The van der Waals surface area contributed by atoms with Crippen molar-refractivity contribution in [3.8, 4) is 0 Å². The van der Waals surface area contributed by atoms with Gasteiger partial charge in [0.1, 0.15) is 0 Å². The molecule has 1 saturated heterocycles. The predicted molar refractivity (Wildman–Crippen MR) is 81.0 cm³/mol. The molecule has 0 unspecified atom stereocenters. The van der Waals surface area contributed by atoms with Crippen LogP contribution >= 0.6 is 0 Å². The lowest BCUT2D eigenvalue weighted by Gasteiger charge is -2.34. The molecule has 1 aliphatic rings. The number of carbonyl (C=O) groups is 1. The highest BCUT2D eigenvalue weighted by Crippen LogP contribution is 2.13. The summed E-state index contributed by atoms with van der Waals surface area (Å²) >= 11 is 0. The molecule has 1 aromatic heterocycles. The quantitative estimate of drug-likeness (QED) is 0.737. The smallest absolute Gasteiger partial charge is 0.306 e. The van der Waals surface area contributed by atoms with Crippen LogP contribution in [0.2, 0.25) is 0 Å². The highest BCUT2D eigenvalue weighted by Gasteiger charge is 2.19. The molecule has 6 nitrogen and oxygen atoms in total. The van der Waals surface area contributed by atoms with E-state index in [0.29, 0.717) is 12.5 Å². The number of rotatable bonds is 6. The van der Waals surface area contributed by atoms with Crippen molar-refractivity contribution in [3.63, 3.8) is 0 Å². The molecule has 0 aromatic carbocycles. The second-order valence-corrected chi connectivity index (χ2v) is 5.83. The SMILES string of the molecule is COC(=O)CCN1CCN(Cc2cncn2C(C)C)CC1. The zero-order valence-electron chi connectivity index (χ0n) is 13.3. The molecule has 0 atom stereocenters. The fourth-order valence-corrected chi connectivity index (χ4v) is 2.67. The molecule has 0 radical (unpaired) electrons. The van der Waals surface area contributed by atoms with Gasteiger partial charge in [-0.1, -0.05) is 0 Å². The fourth-order valence-electron chi connectivity index (χ4n) is 2.67. The molecule has 2 rings (SSSR count). The summed E-state index contributed by atoms with van der Waals surface area (Å²) in [6, 6.07) is 0.448. The van der Waals surface area contributed by atoms with Crippen LogP contribution in [0.15, 0.2) is 12.5 Å². The molecule has 6 heteroatoms. The number of carbonyl (C=O) groups excluding carboxylic acids is 1. The molecule has 0 amide bonds. The number of nitrogens with zero attached hydrogens (tertiary/aromatic N) is 4. The van der Waals surface area contributed by atoms with E-state index in [-0.39, 0.29) is 5.97 Å². The van der Waals surface area contributed by atoms with Gasteiger partial charge in [0.05, 0.1) is 25.6 Å². The normalized spacial score (nSPS) is 17.3. The third-order valence-corrected chi connectivity index (χ3v) is 4.01. The second kappa shape index (κ2) is 7.56. The van der Waals surface area contributed by atoms with Gasteiger partial charge in [0.15, 0.2) is 0 Å². The lowest BCUT2D eigenvalue weighted by atomic mass is 10.2.